The lowest BCUT2D eigenvalue weighted by molar-refractivity contribution is -0.114. The molecule has 0 saturated carbocycles. The second kappa shape index (κ2) is 12.2. The Hall–Kier alpha value is -4.08. The van der Waals surface area contributed by atoms with Crippen LogP contribution < -0.4 is 14.2 Å². The third kappa shape index (κ3) is 6.16. The first-order valence-corrected chi connectivity index (χ1v) is 14.2. The summed E-state index contributed by atoms with van der Waals surface area (Å²) in [5.74, 6) is 1.67. The molecule has 10 heteroatoms. The molecule has 0 radical (unpaired) electrons. The van der Waals surface area contributed by atoms with E-state index in [1.165, 1.54) is 16.8 Å². The Morgan fingerprint density at radius 2 is 1.78 bits per heavy atom. The normalized spacial score (nSPS) is 15.7. The highest BCUT2D eigenvalue weighted by atomic mass is 35.5. The second-order valence-corrected chi connectivity index (χ2v) is 11.1. The number of carbonyl (C=O) groups excluding carboxylic acids is 1. The number of rotatable bonds is 9. The summed E-state index contributed by atoms with van der Waals surface area (Å²) in [6.07, 6.45) is 1.60. The van der Waals surface area contributed by atoms with Gasteiger partial charge in [-0.05, 0) is 71.6 Å². The summed E-state index contributed by atoms with van der Waals surface area (Å²) in [4.78, 5) is 17.0. The number of amidine groups is 2. The molecule has 2 aliphatic rings. The Balaban J connectivity index is 1.28. The summed E-state index contributed by atoms with van der Waals surface area (Å²) in [7, 11) is 1.55. The van der Waals surface area contributed by atoms with Crippen LogP contribution in [0.25, 0.3) is 6.08 Å². The number of nitrogens with zero attached hydrogens (tertiary/aromatic N) is 3. The smallest absolute Gasteiger partial charge is 0.283 e. The fourth-order valence-electron chi connectivity index (χ4n) is 4.34. The number of hydrogen-bond donors (Lipinski definition) is 1. The van der Waals surface area contributed by atoms with Gasteiger partial charge in [0.2, 0.25) is 5.17 Å². The Bertz CT molecular complexity index is 1620. The van der Waals surface area contributed by atoms with Gasteiger partial charge < -0.3 is 14.2 Å². The van der Waals surface area contributed by atoms with E-state index < -0.39 is 5.91 Å². The number of methoxy groups -OCH3 is 1. The van der Waals surface area contributed by atoms with Gasteiger partial charge in [-0.2, -0.15) is 15.1 Å². The molecule has 0 bridgehead atoms. The minimum atomic E-state index is -0.516. The van der Waals surface area contributed by atoms with E-state index in [0.717, 1.165) is 16.9 Å². The Kier molecular flexibility index (Phi) is 8.46. The molecule has 0 aromatic heterocycles. The maximum atomic E-state index is 12.9. The van der Waals surface area contributed by atoms with Crippen LogP contribution in [0.15, 0.2) is 76.3 Å². The Morgan fingerprint density at radius 3 is 2.51 bits per heavy atom. The number of aliphatic imine (C=N–C) groups is 1. The number of thioether (sulfide) groups is 1. The molecule has 210 valence electrons. The highest BCUT2D eigenvalue weighted by Gasteiger charge is 2.36. The lowest BCUT2D eigenvalue weighted by Gasteiger charge is -2.20. The Morgan fingerprint density at radius 1 is 1.02 bits per heavy atom. The first-order valence-electron chi connectivity index (χ1n) is 13.0. The van der Waals surface area contributed by atoms with E-state index in [0.29, 0.717) is 57.0 Å². The van der Waals surface area contributed by atoms with E-state index in [1.54, 1.807) is 37.5 Å². The number of carbonyl (C=O) groups is 1. The SMILES string of the molecule is COc1cc(C=C2C(=N)N3N=C(c4ccccc4Cl)SC3=NC2=O)ccc1OCCOc1cc(C)ccc1C(C)C. The van der Waals surface area contributed by atoms with Crippen LogP contribution in [0, 0.1) is 12.3 Å². The largest absolute Gasteiger partial charge is 0.493 e. The summed E-state index contributed by atoms with van der Waals surface area (Å²) < 4.78 is 17.5. The van der Waals surface area contributed by atoms with Crippen molar-refractivity contribution in [3.05, 3.63) is 93.5 Å². The lowest BCUT2D eigenvalue weighted by atomic mass is 10.0. The van der Waals surface area contributed by atoms with Crippen molar-refractivity contribution in [2.75, 3.05) is 20.3 Å². The zero-order valence-corrected chi connectivity index (χ0v) is 24.7. The van der Waals surface area contributed by atoms with Gasteiger partial charge in [-0.25, -0.2) is 0 Å². The van der Waals surface area contributed by atoms with Gasteiger partial charge in [-0.15, -0.1) is 0 Å². The van der Waals surface area contributed by atoms with Crippen LogP contribution in [0.1, 0.15) is 42.0 Å². The third-order valence-corrected chi connectivity index (χ3v) is 7.72. The van der Waals surface area contributed by atoms with E-state index in [4.69, 9.17) is 31.2 Å². The van der Waals surface area contributed by atoms with E-state index in [-0.39, 0.29) is 11.4 Å². The van der Waals surface area contributed by atoms with Crippen LogP contribution in [0.5, 0.6) is 17.2 Å². The van der Waals surface area contributed by atoms with Crippen molar-refractivity contribution in [1.29, 1.82) is 5.41 Å². The zero-order chi connectivity index (χ0) is 29.1. The second-order valence-electron chi connectivity index (χ2n) is 9.71. The van der Waals surface area contributed by atoms with Gasteiger partial charge in [-0.1, -0.05) is 61.8 Å². The number of nitrogens with one attached hydrogen (secondary N) is 1. The molecule has 0 fully saturated rings. The quantitative estimate of drug-likeness (QED) is 0.216. The lowest BCUT2D eigenvalue weighted by Crippen LogP contribution is -2.35. The highest BCUT2D eigenvalue weighted by molar-refractivity contribution is 8.27. The topological polar surface area (TPSA) is 96.6 Å². The van der Waals surface area contributed by atoms with E-state index in [9.17, 15) is 4.79 Å². The fourth-order valence-corrected chi connectivity index (χ4v) is 5.55. The standard InChI is InChI=1S/C31H29ClN4O4S/c1-18(2)21-11-9-19(3)15-26(21)40-14-13-39-25-12-10-20(17-27(25)38-4)16-23-28(33)36-31(34-29(23)37)41-30(35-36)22-7-5-6-8-24(22)32/h5-12,15-18,33H,13-14H2,1-4H3. The van der Waals surface area contributed by atoms with Gasteiger partial charge in [-0.3, -0.25) is 10.2 Å². The number of halogens is 1. The number of aryl methyl sites for hydroxylation is 1. The van der Waals surface area contributed by atoms with Crippen LogP contribution in [0.2, 0.25) is 5.02 Å². The number of hydrazone groups is 1. The number of amides is 1. The van der Waals surface area contributed by atoms with Crippen molar-refractivity contribution in [1.82, 2.24) is 5.01 Å². The zero-order valence-electron chi connectivity index (χ0n) is 23.1. The van der Waals surface area contributed by atoms with E-state index >= 15 is 0 Å². The van der Waals surface area contributed by atoms with E-state index in [2.05, 4.69) is 36.1 Å². The van der Waals surface area contributed by atoms with Crippen LogP contribution in [0.3, 0.4) is 0 Å². The third-order valence-electron chi connectivity index (χ3n) is 6.45. The molecular weight excluding hydrogens is 560 g/mol. The summed E-state index contributed by atoms with van der Waals surface area (Å²) in [5.41, 5.74) is 3.78. The summed E-state index contributed by atoms with van der Waals surface area (Å²) in [5, 5.41) is 16.0. The van der Waals surface area contributed by atoms with Gasteiger partial charge >= 0.3 is 0 Å². The molecule has 0 unspecified atom stereocenters. The molecule has 41 heavy (non-hydrogen) atoms. The minimum Gasteiger partial charge on any atom is -0.493 e. The van der Waals surface area contributed by atoms with Gasteiger partial charge in [0.1, 0.15) is 24.0 Å². The summed E-state index contributed by atoms with van der Waals surface area (Å²) >= 11 is 7.52. The number of ether oxygens (including phenoxy) is 3. The fraction of sp³-hybridized carbons (Fsp3) is 0.226. The first kappa shape index (κ1) is 28.4. The van der Waals surface area contributed by atoms with E-state index in [1.807, 2.05) is 31.2 Å². The number of benzene rings is 3. The molecule has 5 rings (SSSR count). The van der Waals surface area contributed by atoms with Gasteiger partial charge in [0.25, 0.3) is 5.91 Å². The molecule has 1 amide bonds. The van der Waals surface area contributed by atoms with Crippen molar-refractivity contribution < 1.29 is 19.0 Å². The van der Waals surface area contributed by atoms with Gasteiger partial charge in [0.05, 0.1) is 17.7 Å². The molecule has 3 aromatic rings. The predicted octanol–water partition coefficient (Wildman–Crippen LogP) is 6.91. The van der Waals surface area contributed by atoms with Gasteiger partial charge in [0, 0.05) is 5.56 Å². The predicted molar refractivity (Wildman–Crippen MR) is 165 cm³/mol. The van der Waals surface area contributed by atoms with Crippen LogP contribution in [-0.4, -0.2) is 47.3 Å². The van der Waals surface area contributed by atoms with Crippen molar-refractivity contribution in [2.45, 2.75) is 26.7 Å². The number of fused-ring (bicyclic) bond motifs is 1. The minimum absolute atomic E-state index is 0.0667. The Labute approximate surface area is 248 Å². The van der Waals surface area contributed by atoms with Crippen molar-refractivity contribution in [3.63, 3.8) is 0 Å². The van der Waals surface area contributed by atoms with Crippen LogP contribution >= 0.6 is 23.4 Å². The molecule has 0 spiro atoms. The van der Waals surface area contributed by atoms with Crippen molar-refractivity contribution in [2.24, 2.45) is 10.1 Å². The van der Waals surface area contributed by atoms with Gasteiger partial charge in [0.15, 0.2) is 17.3 Å². The molecule has 2 heterocycles. The first-order chi connectivity index (χ1) is 19.7. The molecule has 0 aliphatic carbocycles. The van der Waals surface area contributed by atoms with Crippen molar-refractivity contribution in [3.8, 4) is 17.2 Å². The van der Waals surface area contributed by atoms with Crippen LogP contribution in [0.4, 0.5) is 0 Å². The highest BCUT2D eigenvalue weighted by Crippen LogP contribution is 2.34. The molecule has 0 saturated heterocycles. The molecule has 3 aromatic carbocycles. The average molecular weight is 589 g/mol. The summed E-state index contributed by atoms with van der Waals surface area (Å²) in [6, 6.07) is 18.8. The molecule has 0 atom stereocenters. The molecule has 8 nitrogen and oxygen atoms in total. The van der Waals surface area contributed by atoms with Crippen molar-refractivity contribution >= 4 is 51.4 Å². The monoisotopic (exact) mass is 588 g/mol. The molecule has 2 aliphatic heterocycles. The number of hydrogen-bond acceptors (Lipinski definition) is 7. The molecular formula is C31H29ClN4O4S. The van der Waals surface area contributed by atoms with Crippen LogP contribution in [-0.2, 0) is 4.79 Å². The maximum absolute atomic E-state index is 12.9. The average Bonchev–Trinajstić information content (AvgIpc) is 3.37. The summed E-state index contributed by atoms with van der Waals surface area (Å²) in [6.45, 7) is 7.01. The molecule has 1 N–H and O–H groups in total. The maximum Gasteiger partial charge on any atom is 0.283 e.